The van der Waals surface area contributed by atoms with Gasteiger partial charge in [0.05, 0.1) is 17.6 Å². The fourth-order valence-corrected chi connectivity index (χ4v) is 4.05. The quantitative estimate of drug-likeness (QED) is 0.777. The van der Waals surface area contributed by atoms with Crippen LogP contribution >= 0.6 is 33.6 Å². The molecule has 0 radical (unpaired) electrons. The molecule has 0 saturated carbocycles. The molecule has 0 aromatic carbocycles. The van der Waals surface area contributed by atoms with E-state index in [1.807, 2.05) is 4.90 Å². The number of anilines is 1. The maximum Gasteiger partial charge on any atom is 0.278 e. The van der Waals surface area contributed by atoms with Crippen LogP contribution in [0.4, 0.5) is 5.82 Å². The van der Waals surface area contributed by atoms with Gasteiger partial charge < -0.3 is 9.64 Å². The number of aromatic nitrogens is 1. The van der Waals surface area contributed by atoms with Crippen molar-refractivity contribution in [2.75, 3.05) is 31.2 Å². The molecular weight excluding hydrogens is 343 g/mol. The second kappa shape index (κ2) is 5.31. The van der Waals surface area contributed by atoms with Crippen LogP contribution in [0.2, 0.25) is 4.34 Å². The SMILES string of the molecule is O=S(=O)(Cl)c1cc2sc(Cl)cc2c(N2CCOCC2)n1. The van der Waals surface area contributed by atoms with Crippen molar-refractivity contribution >= 4 is 58.6 Å². The van der Waals surface area contributed by atoms with Crippen molar-refractivity contribution in [3.8, 4) is 0 Å². The van der Waals surface area contributed by atoms with E-state index in [4.69, 9.17) is 27.0 Å². The maximum absolute atomic E-state index is 11.5. The molecule has 1 aliphatic heterocycles. The minimum Gasteiger partial charge on any atom is -0.378 e. The van der Waals surface area contributed by atoms with Gasteiger partial charge in [-0.1, -0.05) is 11.6 Å². The van der Waals surface area contributed by atoms with Crippen LogP contribution in [-0.2, 0) is 13.8 Å². The highest BCUT2D eigenvalue weighted by molar-refractivity contribution is 8.13. The van der Waals surface area contributed by atoms with Gasteiger partial charge in [0.2, 0.25) is 0 Å². The summed E-state index contributed by atoms with van der Waals surface area (Å²) in [4.78, 5) is 6.19. The molecule has 0 atom stereocenters. The van der Waals surface area contributed by atoms with E-state index in [9.17, 15) is 8.42 Å². The van der Waals surface area contributed by atoms with Gasteiger partial charge in [0, 0.05) is 33.9 Å². The minimum atomic E-state index is -3.88. The van der Waals surface area contributed by atoms with Crippen LogP contribution in [0.5, 0.6) is 0 Å². The summed E-state index contributed by atoms with van der Waals surface area (Å²) in [5.74, 6) is 0.591. The number of rotatable bonds is 2. The van der Waals surface area contributed by atoms with Gasteiger partial charge in [-0.05, 0) is 12.1 Å². The molecule has 0 N–H and O–H groups in total. The number of nitrogens with zero attached hydrogens (tertiary/aromatic N) is 2. The van der Waals surface area contributed by atoms with Gasteiger partial charge in [0.25, 0.3) is 9.05 Å². The molecule has 1 fully saturated rings. The molecule has 108 valence electrons. The first-order chi connectivity index (χ1) is 9.45. The molecule has 1 aliphatic rings. The highest BCUT2D eigenvalue weighted by Gasteiger charge is 2.22. The maximum atomic E-state index is 11.5. The molecule has 9 heteroatoms. The first-order valence-corrected chi connectivity index (χ1v) is 9.33. The average molecular weight is 353 g/mol. The van der Waals surface area contributed by atoms with E-state index >= 15 is 0 Å². The van der Waals surface area contributed by atoms with E-state index in [1.54, 1.807) is 6.07 Å². The Morgan fingerprint density at radius 1 is 1.30 bits per heavy atom. The molecule has 0 aliphatic carbocycles. The van der Waals surface area contributed by atoms with Crippen LogP contribution in [0.1, 0.15) is 0 Å². The lowest BCUT2D eigenvalue weighted by atomic mass is 10.3. The molecule has 3 rings (SSSR count). The van der Waals surface area contributed by atoms with Gasteiger partial charge in [-0.3, -0.25) is 0 Å². The summed E-state index contributed by atoms with van der Waals surface area (Å²) < 4.78 is 29.7. The molecule has 0 bridgehead atoms. The molecule has 5 nitrogen and oxygen atoms in total. The fourth-order valence-electron chi connectivity index (χ4n) is 2.11. The highest BCUT2D eigenvalue weighted by atomic mass is 35.7. The number of hydrogen-bond donors (Lipinski definition) is 0. The first-order valence-electron chi connectivity index (χ1n) is 5.82. The van der Waals surface area contributed by atoms with Gasteiger partial charge >= 0.3 is 0 Å². The lowest BCUT2D eigenvalue weighted by molar-refractivity contribution is 0.122. The molecule has 2 aromatic heterocycles. The summed E-state index contributed by atoms with van der Waals surface area (Å²) in [7, 11) is 1.54. The smallest absolute Gasteiger partial charge is 0.278 e. The van der Waals surface area contributed by atoms with Crippen LogP contribution in [0.25, 0.3) is 10.1 Å². The van der Waals surface area contributed by atoms with Crippen LogP contribution < -0.4 is 4.90 Å². The van der Waals surface area contributed by atoms with Crippen molar-refractivity contribution in [1.82, 2.24) is 4.98 Å². The topological polar surface area (TPSA) is 59.5 Å². The third kappa shape index (κ3) is 2.73. The van der Waals surface area contributed by atoms with Crippen molar-refractivity contribution in [3.63, 3.8) is 0 Å². The molecule has 1 saturated heterocycles. The van der Waals surface area contributed by atoms with Crippen molar-refractivity contribution in [2.45, 2.75) is 5.03 Å². The number of ether oxygens (including phenoxy) is 1. The largest absolute Gasteiger partial charge is 0.378 e. The summed E-state index contributed by atoms with van der Waals surface area (Å²) in [5.41, 5.74) is 0. The van der Waals surface area contributed by atoms with Crippen molar-refractivity contribution in [2.24, 2.45) is 0 Å². The third-order valence-corrected chi connectivity index (χ3v) is 5.40. The van der Waals surface area contributed by atoms with E-state index in [0.29, 0.717) is 36.5 Å². The zero-order valence-corrected chi connectivity index (χ0v) is 13.3. The lowest BCUT2D eigenvalue weighted by Crippen LogP contribution is -2.37. The monoisotopic (exact) mass is 352 g/mol. The van der Waals surface area contributed by atoms with E-state index < -0.39 is 9.05 Å². The average Bonchev–Trinajstić information content (AvgIpc) is 2.77. The predicted octanol–water partition coefficient (Wildman–Crippen LogP) is 2.71. The lowest BCUT2D eigenvalue weighted by Gasteiger charge is -2.28. The molecular formula is C11H10Cl2N2O3S2. The Bertz CT molecular complexity index is 754. The Morgan fingerprint density at radius 3 is 2.65 bits per heavy atom. The number of pyridine rings is 1. The zero-order chi connectivity index (χ0) is 14.3. The fraction of sp³-hybridized carbons (Fsp3) is 0.364. The van der Waals surface area contributed by atoms with Gasteiger partial charge in [-0.2, -0.15) is 0 Å². The van der Waals surface area contributed by atoms with Crippen molar-refractivity contribution in [1.29, 1.82) is 0 Å². The summed E-state index contributed by atoms with van der Waals surface area (Å²) in [5, 5.41) is 0.692. The van der Waals surface area contributed by atoms with E-state index in [-0.39, 0.29) is 5.03 Å². The zero-order valence-electron chi connectivity index (χ0n) is 10.2. The summed E-state index contributed by atoms with van der Waals surface area (Å²) in [6.45, 7) is 2.47. The Balaban J connectivity index is 2.21. The molecule has 0 unspecified atom stereocenters. The standard InChI is InChI=1S/C11H10Cl2N2O3S2/c12-9-5-7-8(19-9)6-10(20(13,16)17)14-11(7)15-1-3-18-4-2-15/h5-6H,1-4H2. The Kier molecular flexibility index (Phi) is 3.81. The molecule has 3 heterocycles. The predicted molar refractivity (Wildman–Crippen MR) is 80.7 cm³/mol. The first kappa shape index (κ1) is 14.3. The molecule has 0 spiro atoms. The van der Waals surface area contributed by atoms with E-state index in [0.717, 1.165) is 10.1 Å². The normalized spacial score (nSPS) is 16.8. The number of morpholine rings is 1. The van der Waals surface area contributed by atoms with Gasteiger partial charge in [-0.25, -0.2) is 13.4 Å². The second-order valence-corrected chi connectivity index (χ2v) is 8.51. The van der Waals surface area contributed by atoms with E-state index in [1.165, 1.54) is 17.4 Å². The number of fused-ring (bicyclic) bond motifs is 1. The second-order valence-electron chi connectivity index (χ2n) is 4.28. The van der Waals surface area contributed by atoms with Gasteiger partial charge in [-0.15, -0.1) is 11.3 Å². The van der Waals surface area contributed by atoms with Gasteiger partial charge in [0.15, 0.2) is 5.03 Å². The van der Waals surface area contributed by atoms with Crippen molar-refractivity contribution < 1.29 is 13.2 Å². The summed E-state index contributed by atoms with van der Waals surface area (Å²) in [6, 6.07) is 3.25. The Labute approximate surface area is 129 Å². The summed E-state index contributed by atoms with van der Waals surface area (Å²) >= 11 is 7.33. The number of halogens is 2. The number of thiophene rings is 1. The van der Waals surface area contributed by atoms with Crippen LogP contribution in [0.3, 0.4) is 0 Å². The molecule has 20 heavy (non-hydrogen) atoms. The Morgan fingerprint density at radius 2 is 2.00 bits per heavy atom. The third-order valence-electron chi connectivity index (χ3n) is 3.00. The Hall–Kier alpha value is -0.600. The van der Waals surface area contributed by atoms with Crippen LogP contribution in [0, 0.1) is 0 Å². The van der Waals surface area contributed by atoms with Crippen LogP contribution in [0.15, 0.2) is 17.2 Å². The molecule has 0 amide bonds. The number of hydrogen-bond acceptors (Lipinski definition) is 6. The van der Waals surface area contributed by atoms with Gasteiger partial charge in [0.1, 0.15) is 5.82 Å². The highest BCUT2D eigenvalue weighted by Crippen LogP contribution is 2.36. The van der Waals surface area contributed by atoms with E-state index in [2.05, 4.69) is 4.98 Å². The minimum absolute atomic E-state index is 0.147. The molecule has 2 aromatic rings. The van der Waals surface area contributed by atoms with Crippen LogP contribution in [-0.4, -0.2) is 39.7 Å². The van der Waals surface area contributed by atoms with Crippen molar-refractivity contribution in [3.05, 3.63) is 16.5 Å². The summed E-state index contributed by atoms with van der Waals surface area (Å²) in [6.07, 6.45) is 0.